The molecule has 1 fully saturated rings. The lowest BCUT2D eigenvalue weighted by Crippen LogP contribution is -2.43. The molecule has 1 aliphatic rings. The molecule has 1 aromatic carbocycles. The predicted molar refractivity (Wildman–Crippen MR) is 79.8 cm³/mol. The van der Waals surface area contributed by atoms with E-state index in [1.807, 2.05) is 30.5 Å². The van der Waals surface area contributed by atoms with Crippen molar-refractivity contribution < 1.29 is 0 Å². The van der Waals surface area contributed by atoms with Crippen LogP contribution in [0.15, 0.2) is 42.6 Å². The monoisotopic (exact) mass is 273 g/mol. The summed E-state index contributed by atoms with van der Waals surface area (Å²) in [5.74, 6) is 1.05. The third-order valence-corrected chi connectivity index (χ3v) is 3.58. The van der Waals surface area contributed by atoms with E-state index in [1.165, 1.54) is 0 Å². The van der Waals surface area contributed by atoms with Crippen LogP contribution in [0, 0.1) is 0 Å². The van der Waals surface area contributed by atoms with E-state index in [9.17, 15) is 0 Å². The Morgan fingerprint density at radius 3 is 2.58 bits per heavy atom. The Balaban J connectivity index is 1.82. The average Bonchev–Trinajstić information content (AvgIpc) is 2.48. The molecule has 4 heteroatoms. The molecule has 1 aromatic heterocycles. The topological polar surface area (TPSA) is 28.2 Å². The molecule has 19 heavy (non-hydrogen) atoms. The van der Waals surface area contributed by atoms with Gasteiger partial charge in [-0.2, -0.15) is 0 Å². The largest absolute Gasteiger partial charge is 0.354 e. The van der Waals surface area contributed by atoms with Crippen LogP contribution in [0.5, 0.6) is 0 Å². The Morgan fingerprint density at radius 2 is 1.89 bits per heavy atom. The van der Waals surface area contributed by atoms with Gasteiger partial charge in [0.1, 0.15) is 5.82 Å². The van der Waals surface area contributed by atoms with E-state index >= 15 is 0 Å². The molecule has 0 aliphatic carbocycles. The highest BCUT2D eigenvalue weighted by molar-refractivity contribution is 6.30. The number of benzene rings is 1. The summed E-state index contributed by atoms with van der Waals surface area (Å²) in [6.07, 6.45) is 1.92. The van der Waals surface area contributed by atoms with Gasteiger partial charge in [-0.15, -0.1) is 0 Å². The fourth-order valence-corrected chi connectivity index (χ4v) is 2.50. The van der Waals surface area contributed by atoms with Gasteiger partial charge in [0, 0.05) is 43.0 Å². The number of pyridine rings is 1. The van der Waals surface area contributed by atoms with Crippen molar-refractivity contribution in [2.24, 2.45) is 0 Å². The van der Waals surface area contributed by atoms with Crippen LogP contribution in [0.2, 0.25) is 5.02 Å². The molecule has 0 unspecified atom stereocenters. The zero-order valence-corrected chi connectivity index (χ0v) is 11.4. The fourth-order valence-electron chi connectivity index (χ4n) is 2.31. The summed E-state index contributed by atoms with van der Waals surface area (Å²) in [5, 5.41) is 4.10. The molecule has 0 radical (unpaired) electrons. The highest BCUT2D eigenvalue weighted by Gasteiger charge is 2.11. The van der Waals surface area contributed by atoms with Crippen molar-refractivity contribution in [2.75, 3.05) is 31.1 Å². The molecule has 0 amide bonds. The Hall–Kier alpha value is -1.58. The standard InChI is InChI=1S/C15H16ClN3/c16-14-3-1-2-12(10-14)13-4-5-15(18-11-13)19-8-6-17-7-9-19/h1-5,10-11,17H,6-9H2. The van der Waals surface area contributed by atoms with E-state index in [2.05, 4.69) is 27.3 Å². The van der Waals surface area contributed by atoms with Gasteiger partial charge in [-0.05, 0) is 29.8 Å². The molecule has 3 nitrogen and oxygen atoms in total. The second-order valence-electron chi connectivity index (χ2n) is 4.65. The summed E-state index contributed by atoms with van der Waals surface area (Å²) in [6.45, 7) is 4.09. The van der Waals surface area contributed by atoms with Gasteiger partial charge in [0.2, 0.25) is 0 Å². The Labute approximate surface area is 118 Å². The van der Waals surface area contributed by atoms with E-state index in [0.29, 0.717) is 0 Å². The van der Waals surface area contributed by atoms with Gasteiger partial charge in [0.05, 0.1) is 0 Å². The van der Waals surface area contributed by atoms with Crippen LogP contribution in [-0.2, 0) is 0 Å². The molecule has 0 spiro atoms. The number of hydrogen-bond donors (Lipinski definition) is 1. The molecule has 98 valence electrons. The minimum absolute atomic E-state index is 0.753. The number of rotatable bonds is 2. The van der Waals surface area contributed by atoms with Crippen molar-refractivity contribution in [2.45, 2.75) is 0 Å². The van der Waals surface area contributed by atoms with E-state index in [1.54, 1.807) is 0 Å². The summed E-state index contributed by atoms with van der Waals surface area (Å²) in [7, 11) is 0. The lowest BCUT2D eigenvalue weighted by molar-refractivity contribution is 0.585. The Morgan fingerprint density at radius 1 is 1.05 bits per heavy atom. The molecule has 0 bridgehead atoms. The number of hydrogen-bond acceptors (Lipinski definition) is 3. The molecular formula is C15H16ClN3. The van der Waals surface area contributed by atoms with Crippen LogP contribution in [0.4, 0.5) is 5.82 Å². The highest BCUT2D eigenvalue weighted by atomic mass is 35.5. The predicted octanol–water partition coefficient (Wildman–Crippen LogP) is 2.81. The lowest BCUT2D eigenvalue weighted by atomic mass is 10.1. The van der Waals surface area contributed by atoms with Gasteiger partial charge in [-0.25, -0.2) is 4.98 Å². The van der Waals surface area contributed by atoms with Crippen LogP contribution in [0.25, 0.3) is 11.1 Å². The van der Waals surface area contributed by atoms with Crippen molar-refractivity contribution >= 4 is 17.4 Å². The lowest BCUT2D eigenvalue weighted by Gasteiger charge is -2.28. The Kier molecular flexibility index (Phi) is 3.67. The first-order valence-electron chi connectivity index (χ1n) is 6.50. The van der Waals surface area contributed by atoms with Crippen molar-refractivity contribution in [3.63, 3.8) is 0 Å². The van der Waals surface area contributed by atoms with Crippen LogP contribution >= 0.6 is 11.6 Å². The maximum atomic E-state index is 6.01. The van der Waals surface area contributed by atoms with Crippen molar-refractivity contribution in [1.82, 2.24) is 10.3 Å². The molecule has 0 saturated carbocycles. The summed E-state index contributed by atoms with van der Waals surface area (Å²) in [6, 6.07) is 12.0. The van der Waals surface area contributed by atoms with E-state index in [4.69, 9.17) is 11.6 Å². The van der Waals surface area contributed by atoms with E-state index in [-0.39, 0.29) is 0 Å². The first-order chi connectivity index (χ1) is 9.33. The van der Waals surface area contributed by atoms with Crippen LogP contribution in [-0.4, -0.2) is 31.2 Å². The fraction of sp³-hybridized carbons (Fsp3) is 0.267. The molecule has 2 heterocycles. The molecule has 1 N–H and O–H groups in total. The third kappa shape index (κ3) is 2.88. The number of aromatic nitrogens is 1. The molecular weight excluding hydrogens is 258 g/mol. The van der Waals surface area contributed by atoms with Gasteiger partial charge in [0.15, 0.2) is 0 Å². The number of piperazine rings is 1. The number of anilines is 1. The van der Waals surface area contributed by atoms with Crippen LogP contribution < -0.4 is 10.2 Å². The van der Waals surface area contributed by atoms with Crippen LogP contribution in [0.1, 0.15) is 0 Å². The van der Waals surface area contributed by atoms with E-state index < -0.39 is 0 Å². The van der Waals surface area contributed by atoms with Gasteiger partial charge in [-0.1, -0.05) is 23.7 Å². The van der Waals surface area contributed by atoms with Crippen molar-refractivity contribution in [3.05, 3.63) is 47.6 Å². The first kappa shape index (κ1) is 12.5. The number of nitrogens with zero attached hydrogens (tertiary/aromatic N) is 2. The number of halogens is 1. The molecule has 1 aliphatic heterocycles. The minimum Gasteiger partial charge on any atom is -0.354 e. The SMILES string of the molecule is Clc1cccc(-c2ccc(N3CCNCC3)nc2)c1. The van der Waals surface area contributed by atoms with Gasteiger partial charge in [-0.3, -0.25) is 0 Å². The minimum atomic E-state index is 0.753. The third-order valence-electron chi connectivity index (χ3n) is 3.35. The maximum absolute atomic E-state index is 6.01. The first-order valence-corrected chi connectivity index (χ1v) is 6.88. The second-order valence-corrected chi connectivity index (χ2v) is 5.09. The van der Waals surface area contributed by atoms with Gasteiger partial charge in [0.25, 0.3) is 0 Å². The zero-order valence-electron chi connectivity index (χ0n) is 10.6. The normalized spacial score (nSPS) is 15.5. The van der Waals surface area contributed by atoms with E-state index in [0.717, 1.165) is 48.1 Å². The molecule has 0 atom stereocenters. The number of nitrogens with one attached hydrogen (secondary N) is 1. The summed E-state index contributed by atoms with van der Waals surface area (Å²) >= 11 is 6.01. The maximum Gasteiger partial charge on any atom is 0.128 e. The highest BCUT2D eigenvalue weighted by Crippen LogP contribution is 2.23. The smallest absolute Gasteiger partial charge is 0.128 e. The Bertz CT molecular complexity index is 548. The molecule has 1 saturated heterocycles. The van der Waals surface area contributed by atoms with Crippen molar-refractivity contribution in [1.29, 1.82) is 0 Å². The average molecular weight is 274 g/mol. The molecule has 2 aromatic rings. The summed E-state index contributed by atoms with van der Waals surface area (Å²) < 4.78 is 0. The van der Waals surface area contributed by atoms with Crippen molar-refractivity contribution in [3.8, 4) is 11.1 Å². The quantitative estimate of drug-likeness (QED) is 0.912. The molecule has 3 rings (SSSR count). The summed E-state index contributed by atoms with van der Waals surface area (Å²) in [5.41, 5.74) is 2.20. The summed E-state index contributed by atoms with van der Waals surface area (Å²) in [4.78, 5) is 6.87. The second kappa shape index (κ2) is 5.59. The zero-order chi connectivity index (χ0) is 13.1. The van der Waals surface area contributed by atoms with Gasteiger partial charge < -0.3 is 10.2 Å². The van der Waals surface area contributed by atoms with Gasteiger partial charge >= 0.3 is 0 Å². The van der Waals surface area contributed by atoms with Crippen LogP contribution in [0.3, 0.4) is 0 Å².